The van der Waals surface area contributed by atoms with Crippen molar-refractivity contribution in [2.75, 3.05) is 13.1 Å². The number of Topliss-reactive ketones (excluding diaryl/α,β-unsaturated/α-hetero) is 1. The van der Waals surface area contributed by atoms with Crippen LogP contribution in [0.5, 0.6) is 0 Å². The van der Waals surface area contributed by atoms with E-state index in [1.54, 1.807) is 6.08 Å². The van der Waals surface area contributed by atoms with Crippen LogP contribution < -0.4 is 0 Å². The molecule has 0 radical (unpaired) electrons. The number of likely N-dealkylation sites (tertiary alicyclic amines) is 1. The maximum absolute atomic E-state index is 12.8. The van der Waals surface area contributed by atoms with E-state index in [1.807, 2.05) is 17.9 Å². The van der Waals surface area contributed by atoms with Crippen LogP contribution in [0, 0.1) is 29.1 Å². The Hall–Kier alpha value is -1.20. The van der Waals surface area contributed by atoms with E-state index in [-0.39, 0.29) is 29.1 Å². The van der Waals surface area contributed by atoms with E-state index in [2.05, 4.69) is 9.24 Å². The zero-order valence-electron chi connectivity index (χ0n) is 11.6. The van der Waals surface area contributed by atoms with Crippen molar-refractivity contribution < 1.29 is 9.59 Å². The third-order valence-corrected chi connectivity index (χ3v) is 5.78. The Bertz CT molecular complexity index is 547. The zero-order chi connectivity index (χ0) is 14.5. The maximum atomic E-state index is 12.8. The molecule has 3 rings (SSSR count). The van der Waals surface area contributed by atoms with E-state index in [0.29, 0.717) is 5.92 Å². The summed E-state index contributed by atoms with van der Waals surface area (Å²) in [6.45, 7) is 3.42. The van der Waals surface area contributed by atoms with E-state index in [9.17, 15) is 9.59 Å². The molecule has 1 saturated heterocycles. The lowest BCUT2D eigenvalue weighted by Crippen LogP contribution is -2.58. The first kappa shape index (κ1) is 13.8. The highest BCUT2D eigenvalue weighted by molar-refractivity contribution is 7.21. The largest absolute Gasteiger partial charge is 0.341 e. The number of nitrogens with zero attached hydrogens (tertiary/aromatic N) is 2. The van der Waals surface area contributed by atoms with E-state index in [1.165, 1.54) is 12.8 Å². The van der Waals surface area contributed by atoms with Gasteiger partial charge < -0.3 is 4.90 Å². The van der Waals surface area contributed by atoms with Gasteiger partial charge in [-0.15, -0.1) is 9.24 Å². The van der Waals surface area contributed by atoms with Crippen LogP contribution >= 0.6 is 9.24 Å². The smallest absolute Gasteiger partial charge is 0.236 e. The molecule has 0 aromatic carbocycles. The number of piperidine rings is 1. The van der Waals surface area contributed by atoms with Crippen LogP contribution in [0.1, 0.15) is 26.2 Å². The Labute approximate surface area is 121 Å². The van der Waals surface area contributed by atoms with Gasteiger partial charge in [0.1, 0.15) is 6.07 Å². The molecule has 2 aliphatic carbocycles. The van der Waals surface area contributed by atoms with Crippen LogP contribution in [-0.2, 0) is 9.59 Å². The Morgan fingerprint density at radius 2 is 2.15 bits per heavy atom. The molecular formula is C15H19N2O2P. The Kier molecular flexibility index (Phi) is 3.21. The van der Waals surface area contributed by atoms with Gasteiger partial charge in [0.2, 0.25) is 5.91 Å². The standard InChI is InChI=1S/C15H19N2O2P/c1-9-12-4-5-17(8-10-2-3-10)14(19)15(12,20)6-11(7-16)13(9)18/h6,9-10,12H,2-5,8,20H2,1H3/t9-,12-,15+/m1/s1. The van der Waals surface area contributed by atoms with E-state index in [0.717, 1.165) is 19.5 Å². The highest BCUT2D eigenvalue weighted by Crippen LogP contribution is 2.47. The summed E-state index contributed by atoms with van der Waals surface area (Å²) in [6.07, 6.45) is 4.87. The molecule has 0 aromatic rings. The predicted molar refractivity (Wildman–Crippen MR) is 77.7 cm³/mol. The normalized spacial score (nSPS) is 37.2. The summed E-state index contributed by atoms with van der Waals surface area (Å²) < 4.78 is 0. The van der Waals surface area contributed by atoms with Crippen LogP contribution in [-0.4, -0.2) is 34.8 Å². The van der Waals surface area contributed by atoms with Crippen molar-refractivity contribution in [1.29, 1.82) is 5.26 Å². The Morgan fingerprint density at radius 1 is 1.45 bits per heavy atom. The number of amides is 1. The topological polar surface area (TPSA) is 61.2 Å². The lowest BCUT2D eigenvalue weighted by atomic mass is 9.69. The first-order valence-corrected chi connectivity index (χ1v) is 7.80. The minimum absolute atomic E-state index is 0.0000491. The van der Waals surface area contributed by atoms with Crippen LogP contribution in [0.2, 0.25) is 0 Å². The maximum Gasteiger partial charge on any atom is 0.236 e. The van der Waals surface area contributed by atoms with Crippen molar-refractivity contribution in [2.24, 2.45) is 17.8 Å². The molecule has 0 bridgehead atoms. The molecule has 20 heavy (non-hydrogen) atoms. The molecule has 3 aliphatic rings. The molecule has 106 valence electrons. The van der Waals surface area contributed by atoms with Crippen LogP contribution in [0.25, 0.3) is 0 Å². The van der Waals surface area contributed by atoms with Crippen molar-refractivity contribution >= 4 is 20.9 Å². The molecule has 1 saturated carbocycles. The summed E-state index contributed by atoms with van der Waals surface area (Å²) >= 11 is 0. The first-order valence-electron chi connectivity index (χ1n) is 7.22. The number of hydrogen-bond donors (Lipinski definition) is 0. The third-order valence-electron chi connectivity index (χ3n) is 4.94. The van der Waals surface area contributed by atoms with Gasteiger partial charge in [-0.25, -0.2) is 0 Å². The van der Waals surface area contributed by atoms with Crippen LogP contribution in [0.3, 0.4) is 0 Å². The van der Waals surface area contributed by atoms with Gasteiger partial charge in [-0.1, -0.05) is 6.92 Å². The molecule has 4 atom stereocenters. The van der Waals surface area contributed by atoms with Crippen molar-refractivity contribution in [1.82, 2.24) is 4.90 Å². The predicted octanol–water partition coefficient (Wildman–Crippen LogP) is 1.53. The van der Waals surface area contributed by atoms with Gasteiger partial charge >= 0.3 is 0 Å². The zero-order valence-corrected chi connectivity index (χ0v) is 12.8. The molecule has 1 aliphatic heterocycles. The van der Waals surface area contributed by atoms with Gasteiger partial charge in [0, 0.05) is 19.0 Å². The van der Waals surface area contributed by atoms with Crippen LogP contribution in [0.4, 0.5) is 0 Å². The minimum Gasteiger partial charge on any atom is -0.341 e. The molecule has 1 amide bonds. The fraction of sp³-hybridized carbons (Fsp3) is 0.667. The van der Waals surface area contributed by atoms with Crippen molar-refractivity contribution in [2.45, 2.75) is 31.3 Å². The van der Waals surface area contributed by atoms with Gasteiger partial charge in [0.15, 0.2) is 5.78 Å². The summed E-state index contributed by atoms with van der Waals surface area (Å²) in [7, 11) is 2.64. The molecule has 4 nitrogen and oxygen atoms in total. The summed E-state index contributed by atoms with van der Waals surface area (Å²) in [6, 6.07) is 1.96. The van der Waals surface area contributed by atoms with E-state index in [4.69, 9.17) is 5.26 Å². The highest BCUT2D eigenvalue weighted by Gasteiger charge is 2.53. The summed E-state index contributed by atoms with van der Waals surface area (Å²) in [5.74, 6) is 0.363. The second-order valence-corrected chi connectivity index (χ2v) is 7.30. The molecule has 0 spiro atoms. The highest BCUT2D eigenvalue weighted by atomic mass is 31.0. The minimum atomic E-state index is -0.758. The Morgan fingerprint density at radius 3 is 2.75 bits per heavy atom. The van der Waals surface area contributed by atoms with Gasteiger partial charge in [0.05, 0.1) is 10.7 Å². The molecular weight excluding hydrogens is 271 g/mol. The number of ketones is 1. The molecule has 2 fully saturated rings. The fourth-order valence-corrected chi connectivity index (χ4v) is 4.32. The van der Waals surface area contributed by atoms with Crippen molar-refractivity contribution in [3.8, 4) is 6.07 Å². The number of rotatable bonds is 2. The quantitative estimate of drug-likeness (QED) is 0.725. The number of carbonyl (C=O) groups is 2. The molecule has 5 heteroatoms. The van der Waals surface area contributed by atoms with E-state index < -0.39 is 5.16 Å². The number of fused-ring (bicyclic) bond motifs is 1. The lowest BCUT2D eigenvalue weighted by Gasteiger charge is -2.47. The summed E-state index contributed by atoms with van der Waals surface area (Å²) in [5, 5.41) is 8.36. The third kappa shape index (κ3) is 2.00. The fourth-order valence-electron chi connectivity index (χ4n) is 3.51. The monoisotopic (exact) mass is 290 g/mol. The van der Waals surface area contributed by atoms with Crippen LogP contribution in [0.15, 0.2) is 11.6 Å². The first-order chi connectivity index (χ1) is 9.47. The Balaban J connectivity index is 1.94. The van der Waals surface area contributed by atoms with Gasteiger partial charge in [-0.05, 0) is 37.2 Å². The number of carbonyl (C=O) groups excluding carboxylic acids is 2. The number of hydrogen-bond acceptors (Lipinski definition) is 3. The van der Waals surface area contributed by atoms with Crippen molar-refractivity contribution in [3.05, 3.63) is 11.6 Å². The molecule has 0 aromatic heterocycles. The molecule has 1 unspecified atom stereocenters. The molecule has 1 heterocycles. The second-order valence-electron chi connectivity index (χ2n) is 6.35. The lowest BCUT2D eigenvalue weighted by molar-refractivity contribution is -0.139. The number of allylic oxidation sites excluding steroid dienone is 1. The van der Waals surface area contributed by atoms with E-state index >= 15 is 0 Å². The summed E-state index contributed by atoms with van der Waals surface area (Å²) in [4.78, 5) is 26.8. The SMILES string of the molecule is C[C@H]1C(=O)C(C#N)=C[C@@]2(P)C(=O)N(CC3CC3)CC[C@H]12. The second kappa shape index (κ2) is 4.67. The van der Waals surface area contributed by atoms with Gasteiger partial charge in [-0.2, -0.15) is 5.26 Å². The average Bonchev–Trinajstić information content (AvgIpc) is 3.23. The average molecular weight is 290 g/mol. The molecule has 0 N–H and O–H groups in total. The van der Waals surface area contributed by atoms with Gasteiger partial charge in [0.25, 0.3) is 0 Å². The number of nitriles is 1. The van der Waals surface area contributed by atoms with Crippen molar-refractivity contribution in [3.63, 3.8) is 0 Å². The van der Waals surface area contributed by atoms with Gasteiger partial charge in [-0.3, -0.25) is 9.59 Å². The summed E-state index contributed by atoms with van der Waals surface area (Å²) in [5.41, 5.74) is 0.144.